The fraction of sp³-hybridized carbons (Fsp3) is 0.524. The summed E-state index contributed by atoms with van der Waals surface area (Å²) in [5.74, 6) is 2.21. The highest BCUT2D eigenvalue weighted by molar-refractivity contribution is 9.10. The SMILES string of the molecule is CCCC(CCC)Oc1nc(Br)c(Cc2ccc(OCC)cc2OC)nc1N. The second-order valence-electron chi connectivity index (χ2n) is 6.55. The summed E-state index contributed by atoms with van der Waals surface area (Å²) in [4.78, 5) is 9.05. The van der Waals surface area contributed by atoms with Crippen LogP contribution in [0.25, 0.3) is 0 Å². The minimum Gasteiger partial charge on any atom is -0.496 e. The Morgan fingerprint density at radius 1 is 1.11 bits per heavy atom. The molecule has 0 bridgehead atoms. The Hall–Kier alpha value is -2.02. The molecular formula is C21H30BrN3O3. The van der Waals surface area contributed by atoms with E-state index >= 15 is 0 Å². The van der Waals surface area contributed by atoms with Crippen LogP contribution >= 0.6 is 15.9 Å². The average molecular weight is 452 g/mol. The first-order valence-corrected chi connectivity index (χ1v) is 10.6. The number of nitrogen functional groups attached to an aromatic ring is 1. The van der Waals surface area contributed by atoms with E-state index in [1.165, 1.54) is 0 Å². The second kappa shape index (κ2) is 11.1. The predicted molar refractivity (Wildman–Crippen MR) is 115 cm³/mol. The van der Waals surface area contributed by atoms with E-state index in [4.69, 9.17) is 19.9 Å². The number of aromatic nitrogens is 2. The number of nitrogens with zero attached hydrogens (tertiary/aromatic N) is 2. The first-order valence-electron chi connectivity index (χ1n) is 9.80. The van der Waals surface area contributed by atoms with Crippen molar-refractivity contribution in [3.8, 4) is 17.4 Å². The number of nitrogens with two attached hydrogens (primary N) is 1. The van der Waals surface area contributed by atoms with Gasteiger partial charge in [-0.3, -0.25) is 0 Å². The lowest BCUT2D eigenvalue weighted by Crippen LogP contribution is -2.18. The van der Waals surface area contributed by atoms with Gasteiger partial charge in [0.15, 0.2) is 5.82 Å². The van der Waals surface area contributed by atoms with Crippen molar-refractivity contribution in [3.05, 3.63) is 34.1 Å². The maximum atomic E-state index is 6.15. The molecule has 0 amide bonds. The number of rotatable bonds is 11. The lowest BCUT2D eigenvalue weighted by Gasteiger charge is -2.19. The molecule has 0 aliphatic rings. The topological polar surface area (TPSA) is 79.5 Å². The third-order valence-electron chi connectivity index (χ3n) is 4.34. The number of ether oxygens (including phenoxy) is 3. The number of methoxy groups -OCH3 is 1. The Balaban J connectivity index is 2.22. The molecule has 154 valence electrons. The molecule has 28 heavy (non-hydrogen) atoms. The zero-order valence-electron chi connectivity index (χ0n) is 17.1. The van der Waals surface area contributed by atoms with Crippen molar-refractivity contribution in [3.63, 3.8) is 0 Å². The van der Waals surface area contributed by atoms with Gasteiger partial charge >= 0.3 is 0 Å². The Morgan fingerprint density at radius 2 is 1.82 bits per heavy atom. The van der Waals surface area contributed by atoms with Crippen LogP contribution in [0, 0.1) is 0 Å². The minimum absolute atomic E-state index is 0.107. The van der Waals surface area contributed by atoms with Gasteiger partial charge in [-0.25, -0.2) is 9.97 Å². The van der Waals surface area contributed by atoms with Crippen molar-refractivity contribution in [2.75, 3.05) is 19.5 Å². The molecule has 1 aromatic carbocycles. The van der Waals surface area contributed by atoms with Crippen molar-refractivity contribution in [2.24, 2.45) is 0 Å². The van der Waals surface area contributed by atoms with E-state index in [1.54, 1.807) is 7.11 Å². The van der Waals surface area contributed by atoms with E-state index in [2.05, 4.69) is 39.7 Å². The second-order valence-corrected chi connectivity index (χ2v) is 7.30. The van der Waals surface area contributed by atoms with Gasteiger partial charge in [-0.15, -0.1) is 0 Å². The molecule has 0 saturated heterocycles. The standard InChI is InChI=1S/C21H30BrN3O3/c1-5-8-15(9-6-2)28-21-20(23)24-17(19(22)25-21)12-14-10-11-16(27-7-3)13-18(14)26-4/h10-11,13,15H,5-9,12H2,1-4H3,(H2,23,24). The molecule has 0 spiro atoms. The van der Waals surface area contributed by atoms with E-state index in [-0.39, 0.29) is 6.10 Å². The number of anilines is 1. The molecule has 2 aromatic rings. The molecule has 0 unspecified atom stereocenters. The number of hydrogen-bond acceptors (Lipinski definition) is 6. The van der Waals surface area contributed by atoms with Gasteiger partial charge in [-0.05, 0) is 41.8 Å². The van der Waals surface area contributed by atoms with Crippen molar-refractivity contribution < 1.29 is 14.2 Å². The summed E-state index contributed by atoms with van der Waals surface area (Å²) in [6.45, 7) is 6.84. The number of hydrogen-bond donors (Lipinski definition) is 1. The molecule has 0 aliphatic heterocycles. The molecule has 0 atom stereocenters. The Kier molecular flexibility index (Phi) is 8.83. The minimum atomic E-state index is 0.107. The zero-order valence-corrected chi connectivity index (χ0v) is 18.7. The predicted octanol–water partition coefficient (Wildman–Crippen LogP) is 5.17. The molecule has 0 radical (unpaired) electrons. The summed E-state index contributed by atoms with van der Waals surface area (Å²) in [6.07, 6.45) is 4.68. The van der Waals surface area contributed by atoms with Gasteiger partial charge in [0.1, 0.15) is 22.2 Å². The third-order valence-corrected chi connectivity index (χ3v) is 4.97. The first kappa shape index (κ1) is 22.3. The van der Waals surface area contributed by atoms with Gasteiger partial charge in [0.25, 0.3) is 5.88 Å². The van der Waals surface area contributed by atoms with Crippen molar-refractivity contribution in [1.29, 1.82) is 0 Å². The lowest BCUT2D eigenvalue weighted by molar-refractivity contribution is 0.171. The van der Waals surface area contributed by atoms with Crippen LogP contribution in [0.3, 0.4) is 0 Å². The summed E-state index contributed by atoms with van der Waals surface area (Å²) in [5, 5.41) is 0. The van der Waals surface area contributed by atoms with Crippen LogP contribution in [-0.2, 0) is 6.42 Å². The Morgan fingerprint density at radius 3 is 2.43 bits per heavy atom. The van der Waals surface area contributed by atoms with Crippen molar-refractivity contribution >= 4 is 21.7 Å². The number of benzene rings is 1. The van der Waals surface area contributed by atoms with Gasteiger partial charge in [0.2, 0.25) is 0 Å². The van der Waals surface area contributed by atoms with Crippen LogP contribution < -0.4 is 19.9 Å². The normalized spacial score (nSPS) is 10.9. The van der Waals surface area contributed by atoms with Crippen LogP contribution in [0.2, 0.25) is 0 Å². The highest BCUT2D eigenvalue weighted by atomic mass is 79.9. The van der Waals surface area contributed by atoms with Crippen LogP contribution in [0.1, 0.15) is 57.7 Å². The van der Waals surface area contributed by atoms with Crippen LogP contribution in [0.15, 0.2) is 22.8 Å². The smallest absolute Gasteiger partial charge is 0.258 e. The van der Waals surface area contributed by atoms with Crippen LogP contribution in [0.4, 0.5) is 5.82 Å². The van der Waals surface area contributed by atoms with Gasteiger partial charge in [0.05, 0.1) is 19.4 Å². The molecule has 2 N–H and O–H groups in total. The van der Waals surface area contributed by atoms with Crippen molar-refractivity contribution in [2.45, 2.75) is 59.0 Å². The summed E-state index contributed by atoms with van der Waals surface area (Å²) < 4.78 is 17.7. The Labute approximate surface area is 175 Å². The molecular weight excluding hydrogens is 422 g/mol. The summed E-state index contributed by atoms with van der Waals surface area (Å²) in [7, 11) is 1.64. The highest BCUT2D eigenvalue weighted by Crippen LogP contribution is 2.30. The molecule has 1 aromatic heterocycles. The molecule has 6 nitrogen and oxygen atoms in total. The maximum Gasteiger partial charge on any atom is 0.258 e. The first-order chi connectivity index (χ1) is 13.5. The van der Waals surface area contributed by atoms with Gasteiger partial charge in [-0.2, -0.15) is 0 Å². The molecule has 2 rings (SSSR count). The van der Waals surface area contributed by atoms with Crippen molar-refractivity contribution in [1.82, 2.24) is 9.97 Å². The van der Waals surface area contributed by atoms with Gasteiger partial charge in [0, 0.05) is 18.1 Å². The third kappa shape index (κ3) is 5.99. The van der Waals surface area contributed by atoms with Gasteiger partial charge < -0.3 is 19.9 Å². The number of halogens is 1. The molecule has 0 aliphatic carbocycles. The molecule has 1 heterocycles. The lowest BCUT2D eigenvalue weighted by atomic mass is 10.1. The van der Waals surface area contributed by atoms with E-state index < -0.39 is 0 Å². The van der Waals surface area contributed by atoms with Gasteiger partial charge in [-0.1, -0.05) is 32.8 Å². The quantitative estimate of drug-likeness (QED) is 0.507. The fourth-order valence-electron chi connectivity index (χ4n) is 3.02. The van der Waals surface area contributed by atoms with E-state index in [1.807, 2.05) is 25.1 Å². The molecule has 0 saturated carbocycles. The highest BCUT2D eigenvalue weighted by Gasteiger charge is 2.17. The van der Waals surface area contributed by atoms with Crippen LogP contribution in [0.5, 0.6) is 17.4 Å². The zero-order chi connectivity index (χ0) is 20.5. The summed E-state index contributed by atoms with van der Waals surface area (Å²) >= 11 is 3.52. The van der Waals surface area contributed by atoms with E-state index in [0.717, 1.165) is 48.4 Å². The Bertz CT molecular complexity index is 765. The van der Waals surface area contributed by atoms with E-state index in [0.29, 0.717) is 29.3 Å². The largest absolute Gasteiger partial charge is 0.496 e. The molecule has 0 fully saturated rings. The maximum absolute atomic E-state index is 6.15. The van der Waals surface area contributed by atoms with E-state index in [9.17, 15) is 0 Å². The molecule has 7 heteroatoms. The monoisotopic (exact) mass is 451 g/mol. The summed E-state index contributed by atoms with van der Waals surface area (Å²) in [6, 6.07) is 5.77. The average Bonchev–Trinajstić information content (AvgIpc) is 2.67. The summed E-state index contributed by atoms with van der Waals surface area (Å²) in [5.41, 5.74) is 7.86. The fourth-order valence-corrected chi connectivity index (χ4v) is 3.41. The van der Waals surface area contributed by atoms with Crippen LogP contribution in [-0.4, -0.2) is 29.8 Å².